The Balaban J connectivity index is 4.26. The third-order valence-corrected chi connectivity index (χ3v) is 10.6. The Kier molecular flexibility index (Phi) is 39.1. The van der Waals surface area contributed by atoms with E-state index < -0.39 is 13.9 Å². The molecule has 8 nitrogen and oxygen atoms in total. The first kappa shape index (κ1) is 54.5. The number of nitrogens with zero attached hydrogens (tertiary/aromatic N) is 1. The first-order chi connectivity index (χ1) is 27.1. The van der Waals surface area contributed by atoms with Gasteiger partial charge in [-0.25, -0.2) is 4.57 Å². The molecule has 0 spiro atoms. The number of allylic oxidation sites excluding steroid dienone is 8. The van der Waals surface area contributed by atoms with E-state index in [4.69, 9.17) is 18.5 Å². The summed E-state index contributed by atoms with van der Waals surface area (Å²) in [6.45, 7) is 5.56. The molecule has 0 saturated heterocycles. The average Bonchev–Trinajstić information content (AvgIpc) is 3.15. The molecule has 0 aliphatic heterocycles. The second kappa shape index (κ2) is 40.2. The molecule has 2 atom stereocenters. The fraction of sp³-hybridized carbons (Fsp3) is 0.809. The Hall–Kier alpha value is -1.54. The quantitative estimate of drug-likeness (QED) is 0.0216. The summed E-state index contributed by atoms with van der Waals surface area (Å²) in [5, 5.41) is 0. The van der Waals surface area contributed by atoms with Gasteiger partial charge in [-0.1, -0.05) is 152 Å². The molecule has 0 heterocycles. The van der Waals surface area contributed by atoms with Gasteiger partial charge in [0.25, 0.3) is 0 Å². The summed E-state index contributed by atoms with van der Waals surface area (Å²) in [6, 6.07) is 0. The lowest BCUT2D eigenvalue weighted by Gasteiger charge is -2.24. The van der Waals surface area contributed by atoms with Gasteiger partial charge in [0, 0.05) is 13.0 Å². The van der Waals surface area contributed by atoms with Gasteiger partial charge in [0.05, 0.1) is 34.4 Å². The van der Waals surface area contributed by atoms with Crippen LogP contribution in [0.2, 0.25) is 0 Å². The van der Waals surface area contributed by atoms with E-state index in [9.17, 15) is 14.3 Å². The Labute approximate surface area is 346 Å². The number of esters is 1. The number of unbranched alkanes of at least 4 members (excludes halogenated alkanes) is 20. The molecule has 56 heavy (non-hydrogen) atoms. The summed E-state index contributed by atoms with van der Waals surface area (Å²) in [5.41, 5.74) is 0. The van der Waals surface area contributed by atoms with Crippen LogP contribution in [0, 0.1) is 0 Å². The maximum Gasteiger partial charge on any atom is 0.472 e. The zero-order chi connectivity index (χ0) is 41.3. The van der Waals surface area contributed by atoms with E-state index in [1.54, 1.807) is 0 Å². The largest absolute Gasteiger partial charge is 0.472 e. The fourth-order valence-electron chi connectivity index (χ4n) is 6.02. The van der Waals surface area contributed by atoms with Gasteiger partial charge in [0.2, 0.25) is 0 Å². The van der Waals surface area contributed by atoms with E-state index in [-0.39, 0.29) is 25.8 Å². The number of rotatable bonds is 42. The van der Waals surface area contributed by atoms with Gasteiger partial charge < -0.3 is 18.9 Å². The Bertz CT molecular complexity index is 1040. The first-order valence-electron chi connectivity index (χ1n) is 22.9. The van der Waals surface area contributed by atoms with Crippen molar-refractivity contribution in [3.63, 3.8) is 0 Å². The van der Waals surface area contributed by atoms with Gasteiger partial charge in [-0.2, -0.15) is 0 Å². The van der Waals surface area contributed by atoms with E-state index in [1.807, 2.05) is 21.1 Å². The van der Waals surface area contributed by atoms with Crippen molar-refractivity contribution in [1.82, 2.24) is 0 Å². The molecule has 0 amide bonds. The van der Waals surface area contributed by atoms with Crippen LogP contribution in [-0.4, -0.2) is 75.6 Å². The highest BCUT2D eigenvalue weighted by Crippen LogP contribution is 2.43. The molecule has 0 radical (unpaired) electrons. The van der Waals surface area contributed by atoms with Crippen LogP contribution in [0.5, 0.6) is 0 Å². The van der Waals surface area contributed by atoms with Crippen molar-refractivity contribution in [2.75, 3.05) is 54.1 Å². The van der Waals surface area contributed by atoms with Gasteiger partial charge >= 0.3 is 13.8 Å². The lowest BCUT2D eigenvalue weighted by molar-refractivity contribution is -0.870. The third-order valence-electron chi connectivity index (χ3n) is 9.61. The van der Waals surface area contributed by atoms with Crippen LogP contribution in [0.1, 0.15) is 187 Å². The molecule has 328 valence electrons. The number of carbonyl (C=O) groups excluding carboxylic acids is 1. The number of likely N-dealkylation sites (N-methyl/N-ethyl adjacent to an activating group) is 1. The van der Waals surface area contributed by atoms with Crippen molar-refractivity contribution in [1.29, 1.82) is 0 Å². The minimum atomic E-state index is -4.28. The highest BCUT2D eigenvalue weighted by atomic mass is 31.2. The number of hydrogen-bond acceptors (Lipinski definition) is 6. The predicted octanol–water partition coefficient (Wildman–Crippen LogP) is 13.6. The molecule has 1 N–H and O–H groups in total. The van der Waals surface area contributed by atoms with Crippen LogP contribution < -0.4 is 0 Å². The van der Waals surface area contributed by atoms with E-state index in [1.165, 1.54) is 109 Å². The summed E-state index contributed by atoms with van der Waals surface area (Å²) >= 11 is 0. The third kappa shape index (κ3) is 43.6. The van der Waals surface area contributed by atoms with Gasteiger partial charge in [-0.15, -0.1) is 0 Å². The van der Waals surface area contributed by atoms with Crippen LogP contribution in [0.15, 0.2) is 48.6 Å². The van der Waals surface area contributed by atoms with Crippen molar-refractivity contribution in [2.45, 2.75) is 193 Å². The SMILES string of the molecule is CCCCC/C=C\C/C=C\C/C=C\CCCCCCCCC(=O)OC(COCCCCCCCC/C=C\CCCCCCC)COP(=O)(O)OCC[N+](C)(C)C. The van der Waals surface area contributed by atoms with E-state index in [0.29, 0.717) is 24.1 Å². The molecule has 0 bridgehead atoms. The van der Waals surface area contributed by atoms with Gasteiger partial charge in [-0.3, -0.25) is 13.8 Å². The number of ether oxygens (including phenoxy) is 2. The van der Waals surface area contributed by atoms with Crippen molar-refractivity contribution < 1.29 is 37.3 Å². The molecule has 0 saturated carbocycles. The number of phosphoric acid groups is 1. The van der Waals surface area contributed by atoms with E-state index in [0.717, 1.165) is 57.8 Å². The Morgan fingerprint density at radius 1 is 0.554 bits per heavy atom. The number of phosphoric ester groups is 1. The molecule has 0 aromatic heterocycles. The molecule has 0 aromatic carbocycles. The summed E-state index contributed by atoms with van der Waals surface area (Å²) in [4.78, 5) is 22.9. The van der Waals surface area contributed by atoms with Crippen molar-refractivity contribution in [2.24, 2.45) is 0 Å². The lowest BCUT2D eigenvalue weighted by atomic mass is 10.1. The van der Waals surface area contributed by atoms with Crippen LogP contribution in [0.4, 0.5) is 0 Å². The Morgan fingerprint density at radius 3 is 1.52 bits per heavy atom. The molecular weight excluding hydrogens is 721 g/mol. The highest BCUT2D eigenvalue weighted by Gasteiger charge is 2.26. The topological polar surface area (TPSA) is 91.3 Å². The number of carbonyl (C=O) groups is 1. The normalized spacial score (nSPS) is 14.2. The minimum absolute atomic E-state index is 0.0833. The van der Waals surface area contributed by atoms with Gasteiger partial charge in [0.1, 0.15) is 19.3 Å². The number of hydrogen-bond donors (Lipinski definition) is 1. The van der Waals surface area contributed by atoms with Crippen molar-refractivity contribution in [3.05, 3.63) is 48.6 Å². The van der Waals surface area contributed by atoms with Crippen molar-refractivity contribution in [3.8, 4) is 0 Å². The second-order valence-corrected chi connectivity index (χ2v) is 17.9. The van der Waals surface area contributed by atoms with Crippen LogP contribution in [0.3, 0.4) is 0 Å². The fourth-order valence-corrected chi connectivity index (χ4v) is 6.77. The lowest BCUT2D eigenvalue weighted by Crippen LogP contribution is -2.37. The molecular formula is C47H89NO7P+. The molecule has 0 aliphatic carbocycles. The van der Waals surface area contributed by atoms with Crippen LogP contribution in [0.25, 0.3) is 0 Å². The summed E-state index contributed by atoms with van der Waals surface area (Å²) in [7, 11) is 1.65. The summed E-state index contributed by atoms with van der Waals surface area (Å²) in [6.07, 6.45) is 48.5. The van der Waals surface area contributed by atoms with E-state index in [2.05, 4.69) is 62.5 Å². The molecule has 0 aromatic rings. The maximum absolute atomic E-state index is 12.7. The Morgan fingerprint density at radius 2 is 0.982 bits per heavy atom. The summed E-state index contributed by atoms with van der Waals surface area (Å²) < 4.78 is 35.0. The smallest absolute Gasteiger partial charge is 0.457 e. The zero-order valence-electron chi connectivity index (χ0n) is 37.1. The zero-order valence-corrected chi connectivity index (χ0v) is 38.0. The minimum Gasteiger partial charge on any atom is -0.457 e. The van der Waals surface area contributed by atoms with Crippen LogP contribution >= 0.6 is 7.82 Å². The van der Waals surface area contributed by atoms with Crippen LogP contribution in [-0.2, 0) is 27.9 Å². The van der Waals surface area contributed by atoms with Gasteiger partial charge in [0.15, 0.2) is 0 Å². The van der Waals surface area contributed by atoms with Gasteiger partial charge in [-0.05, 0) is 77.0 Å². The average molecular weight is 811 g/mol. The maximum atomic E-state index is 12.7. The monoisotopic (exact) mass is 811 g/mol. The molecule has 0 aliphatic rings. The standard InChI is InChI=1S/C47H88NO7P/c1-6-8-10-12-14-16-18-20-22-23-24-25-26-28-30-32-34-36-38-40-47(49)55-46(45-54-56(50,51)53-43-41-48(3,4)5)44-52-42-39-37-35-33-31-29-27-21-19-17-15-13-11-9-7-2/h14,16,19-22,24-25,46H,6-13,15,17-18,23,26-45H2,1-5H3/p+1/b16-14-,21-19-,22-20-,25-24-. The molecule has 2 unspecified atom stereocenters. The highest BCUT2D eigenvalue weighted by molar-refractivity contribution is 7.47. The molecule has 0 fully saturated rings. The molecule has 9 heteroatoms. The number of quaternary nitrogens is 1. The first-order valence-corrected chi connectivity index (χ1v) is 24.4. The van der Waals surface area contributed by atoms with E-state index >= 15 is 0 Å². The predicted molar refractivity (Wildman–Crippen MR) is 238 cm³/mol. The second-order valence-electron chi connectivity index (χ2n) is 16.4. The molecule has 0 rings (SSSR count). The summed E-state index contributed by atoms with van der Waals surface area (Å²) in [5.74, 6) is -0.329. The van der Waals surface area contributed by atoms with Crippen molar-refractivity contribution >= 4 is 13.8 Å².